The zero-order chi connectivity index (χ0) is 21.6. The number of primary amides is 1. The van der Waals surface area contributed by atoms with Crippen molar-refractivity contribution in [2.75, 3.05) is 18.9 Å². The summed E-state index contributed by atoms with van der Waals surface area (Å²) in [6.45, 7) is 1.61. The van der Waals surface area contributed by atoms with E-state index in [1.54, 1.807) is 37.3 Å². The molecule has 1 aliphatic rings. The number of carbonyl (C=O) groups excluding carboxylic acids is 3. The van der Waals surface area contributed by atoms with Gasteiger partial charge in [-0.1, -0.05) is 48.3 Å². The van der Waals surface area contributed by atoms with Crippen LogP contribution < -0.4 is 11.1 Å². The van der Waals surface area contributed by atoms with E-state index in [1.807, 2.05) is 12.2 Å². The van der Waals surface area contributed by atoms with Crippen LogP contribution in [0.4, 0.5) is 5.69 Å². The summed E-state index contributed by atoms with van der Waals surface area (Å²) >= 11 is 12.1. The first-order valence-corrected chi connectivity index (χ1v) is 10.1. The SMILES string of the molecule is C[C@@H](C(=O)Nc1cccc(Cl)c1)C(CC(=O)N(C)CC(N)=O)C1C=C(Cl)C=CC1. The van der Waals surface area contributed by atoms with Crippen molar-refractivity contribution in [3.8, 4) is 0 Å². The van der Waals surface area contributed by atoms with Gasteiger partial charge >= 0.3 is 0 Å². The van der Waals surface area contributed by atoms with Crippen LogP contribution in [-0.2, 0) is 14.4 Å². The normalized spacial score (nSPS) is 17.8. The van der Waals surface area contributed by atoms with Crippen LogP contribution in [0.3, 0.4) is 0 Å². The topological polar surface area (TPSA) is 92.5 Å². The first-order chi connectivity index (χ1) is 13.7. The van der Waals surface area contributed by atoms with Gasteiger partial charge in [-0.25, -0.2) is 0 Å². The second kappa shape index (κ2) is 10.5. The molecule has 3 atom stereocenters. The summed E-state index contributed by atoms with van der Waals surface area (Å²) in [5, 5.41) is 3.95. The molecule has 6 nitrogen and oxygen atoms in total. The molecule has 1 aromatic carbocycles. The molecular weight excluding hydrogens is 413 g/mol. The van der Waals surface area contributed by atoms with E-state index in [1.165, 1.54) is 11.9 Å². The van der Waals surface area contributed by atoms with E-state index in [0.717, 1.165) is 0 Å². The Balaban J connectivity index is 2.19. The number of nitrogens with two attached hydrogens (primary N) is 1. The number of amides is 3. The Labute approximate surface area is 180 Å². The molecule has 1 aromatic rings. The van der Waals surface area contributed by atoms with Gasteiger partial charge in [0.1, 0.15) is 0 Å². The van der Waals surface area contributed by atoms with Crippen molar-refractivity contribution < 1.29 is 14.4 Å². The quantitative estimate of drug-likeness (QED) is 0.650. The van der Waals surface area contributed by atoms with E-state index in [2.05, 4.69) is 5.32 Å². The van der Waals surface area contributed by atoms with Gasteiger partial charge in [0.25, 0.3) is 0 Å². The van der Waals surface area contributed by atoms with Crippen LogP contribution in [0.5, 0.6) is 0 Å². The van der Waals surface area contributed by atoms with Gasteiger partial charge in [-0.3, -0.25) is 14.4 Å². The van der Waals surface area contributed by atoms with E-state index in [4.69, 9.17) is 28.9 Å². The van der Waals surface area contributed by atoms with Crippen LogP contribution >= 0.6 is 23.2 Å². The van der Waals surface area contributed by atoms with Crippen molar-refractivity contribution in [3.63, 3.8) is 0 Å². The van der Waals surface area contributed by atoms with Gasteiger partial charge in [-0.15, -0.1) is 0 Å². The Morgan fingerprint density at radius 2 is 2.03 bits per heavy atom. The molecule has 3 N–H and O–H groups in total. The standard InChI is InChI=1S/C21H25Cl2N3O3/c1-13(21(29)25-17-8-4-7-16(23)10-17)18(14-5-3-6-15(22)9-14)11-20(28)26(2)12-19(24)27/h3-4,6-10,13-14,18H,5,11-12H2,1-2H3,(H2,24,27)(H,25,29)/t13-,14?,18?/m1/s1. The highest BCUT2D eigenvalue weighted by Crippen LogP contribution is 2.34. The van der Waals surface area contributed by atoms with Crippen molar-refractivity contribution in [1.82, 2.24) is 4.90 Å². The van der Waals surface area contributed by atoms with E-state index >= 15 is 0 Å². The molecule has 0 aliphatic heterocycles. The van der Waals surface area contributed by atoms with Gasteiger partial charge in [-0.2, -0.15) is 0 Å². The minimum absolute atomic E-state index is 0.0847. The van der Waals surface area contributed by atoms with Gasteiger partial charge in [0.15, 0.2) is 0 Å². The molecule has 2 rings (SSSR count). The fourth-order valence-electron chi connectivity index (χ4n) is 3.36. The molecule has 0 heterocycles. The van der Waals surface area contributed by atoms with Crippen LogP contribution in [-0.4, -0.2) is 36.2 Å². The molecule has 0 spiro atoms. The second-order valence-electron chi connectivity index (χ2n) is 7.23. The summed E-state index contributed by atoms with van der Waals surface area (Å²) in [5.41, 5.74) is 5.77. The molecule has 0 saturated heterocycles. The van der Waals surface area contributed by atoms with Crippen LogP contribution in [0.2, 0.25) is 5.02 Å². The van der Waals surface area contributed by atoms with Crippen molar-refractivity contribution in [2.24, 2.45) is 23.5 Å². The number of nitrogens with zero attached hydrogens (tertiary/aromatic N) is 1. The number of likely N-dealkylation sites (N-methyl/N-ethyl adjacent to an activating group) is 1. The molecule has 0 bridgehead atoms. The zero-order valence-corrected chi connectivity index (χ0v) is 17.9. The smallest absolute Gasteiger partial charge is 0.237 e. The third kappa shape index (κ3) is 6.91. The van der Waals surface area contributed by atoms with E-state index in [9.17, 15) is 14.4 Å². The van der Waals surface area contributed by atoms with Crippen molar-refractivity contribution >= 4 is 46.6 Å². The fourth-order valence-corrected chi connectivity index (χ4v) is 3.80. The Morgan fingerprint density at radius 3 is 2.66 bits per heavy atom. The van der Waals surface area contributed by atoms with Crippen molar-refractivity contribution in [1.29, 1.82) is 0 Å². The average Bonchev–Trinajstić information content (AvgIpc) is 2.64. The monoisotopic (exact) mass is 437 g/mol. The van der Waals surface area contributed by atoms with Gasteiger partial charge in [-0.05, 0) is 42.5 Å². The summed E-state index contributed by atoms with van der Waals surface area (Å²) < 4.78 is 0. The highest BCUT2D eigenvalue weighted by molar-refractivity contribution is 6.31. The van der Waals surface area contributed by atoms with E-state index in [-0.39, 0.29) is 36.6 Å². The third-order valence-electron chi connectivity index (χ3n) is 4.99. The largest absolute Gasteiger partial charge is 0.368 e. The maximum atomic E-state index is 12.9. The number of nitrogens with one attached hydrogen (secondary N) is 1. The lowest BCUT2D eigenvalue weighted by Crippen LogP contribution is -2.39. The lowest BCUT2D eigenvalue weighted by molar-refractivity contribution is -0.135. The number of allylic oxidation sites excluding steroid dienone is 4. The molecule has 0 aromatic heterocycles. The minimum Gasteiger partial charge on any atom is -0.368 e. The Bertz CT molecular complexity index is 838. The van der Waals surface area contributed by atoms with E-state index < -0.39 is 11.8 Å². The zero-order valence-electron chi connectivity index (χ0n) is 16.4. The lowest BCUT2D eigenvalue weighted by atomic mass is 9.76. The molecule has 2 unspecified atom stereocenters. The van der Waals surface area contributed by atoms with Crippen LogP contribution in [0.1, 0.15) is 19.8 Å². The van der Waals surface area contributed by atoms with Crippen LogP contribution in [0, 0.1) is 17.8 Å². The summed E-state index contributed by atoms with van der Waals surface area (Å²) in [5.74, 6) is -1.95. The van der Waals surface area contributed by atoms with Crippen molar-refractivity contribution in [2.45, 2.75) is 19.8 Å². The Hall–Kier alpha value is -2.31. The molecule has 0 saturated carbocycles. The number of hydrogen-bond acceptors (Lipinski definition) is 3. The second-order valence-corrected chi connectivity index (χ2v) is 8.10. The molecule has 8 heteroatoms. The van der Waals surface area contributed by atoms with Gasteiger partial charge < -0.3 is 16.0 Å². The number of hydrogen-bond donors (Lipinski definition) is 2. The number of halogens is 2. The highest BCUT2D eigenvalue weighted by Gasteiger charge is 2.33. The Kier molecular flexibility index (Phi) is 8.29. The van der Waals surface area contributed by atoms with Crippen molar-refractivity contribution in [3.05, 3.63) is 52.5 Å². The fraction of sp³-hybridized carbons (Fsp3) is 0.381. The molecule has 156 valence electrons. The molecule has 0 radical (unpaired) electrons. The van der Waals surface area contributed by atoms with Gasteiger partial charge in [0.2, 0.25) is 17.7 Å². The summed E-state index contributed by atoms with van der Waals surface area (Å²) in [6, 6.07) is 6.87. The summed E-state index contributed by atoms with van der Waals surface area (Å²) in [6.07, 6.45) is 6.36. The number of benzene rings is 1. The van der Waals surface area contributed by atoms with Crippen LogP contribution in [0.15, 0.2) is 47.5 Å². The maximum absolute atomic E-state index is 12.9. The predicted octanol–water partition coefficient (Wildman–Crippen LogP) is 3.56. The minimum atomic E-state index is -0.590. The molecule has 1 aliphatic carbocycles. The first-order valence-electron chi connectivity index (χ1n) is 9.30. The molecule has 3 amide bonds. The maximum Gasteiger partial charge on any atom is 0.237 e. The van der Waals surface area contributed by atoms with E-state index in [0.29, 0.717) is 22.2 Å². The van der Waals surface area contributed by atoms with Gasteiger partial charge in [0, 0.05) is 35.1 Å². The average molecular weight is 438 g/mol. The first kappa shape index (κ1) is 23.0. The molecule has 0 fully saturated rings. The van der Waals surface area contributed by atoms with Crippen LogP contribution in [0.25, 0.3) is 0 Å². The summed E-state index contributed by atoms with van der Waals surface area (Å²) in [4.78, 5) is 37.9. The Morgan fingerprint density at radius 1 is 1.31 bits per heavy atom. The highest BCUT2D eigenvalue weighted by atomic mass is 35.5. The summed E-state index contributed by atoms with van der Waals surface area (Å²) in [7, 11) is 1.52. The number of carbonyl (C=O) groups is 3. The third-order valence-corrected chi connectivity index (χ3v) is 5.47. The number of rotatable bonds is 8. The predicted molar refractivity (Wildman–Crippen MR) is 115 cm³/mol. The van der Waals surface area contributed by atoms with Gasteiger partial charge in [0.05, 0.1) is 6.54 Å². The molecule has 29 heavy (non-hydrogen) atoms. The lowest BCUT2D eigenvalue weighted by Gasteiger charge is -2.31. The number of anilines is 1. The molecular formula is C21H25Cl2N3O3.